The zero-order valence-electron chi connectivity index (χ0n) is 13.0. The number of halogens is 2. The van der Waals surface area contributed by atoms with Crippen LogP contribution in [0.1, 0.15) is 37.2 Å². The summed E-state index contributed by atoms with van der Waals surface area (Å²) in [6.07, 6.45) is 17.2. The van der Waals surface area contributed by atoms with E-state index in [2.05, 4.69) is 60.7 Å². The Hall–Kier alpha value is -0.357. The van der Waals surface area contributed by atoms with E-state index in [1.807, 2.05) is 0 Å². The average Bonchev–Trinajstić information content (AvgIpc) is 3.19. The van der Waals surface area contributed by atoms with Crippen molar-refractivity contribution in [2.75, 3.05) is 0 Å². The Kier molecular flexibility index (Phi) is 7.14. The quantitative estimate of drug-likeness (QED) is 0.619. The number of hydrogen-bond acceptors (Lipinski definition) is 0. The van der Waals surface area contributed by atoms with Gasteiger partial charge in [-0.15, -0.1) is 0 Å². The monoisotopic (exact) mass is 420 g/mol. The van der Waals surface area contributed by atoms with Gasteiger partial charge in [0.25, 0.3) is 0 Å². The van der Waals surface area contributed by atoms with Crippen LogP contribution in [0.4, 0.5) is 0 Å². The van der Waals surface area contributed by atoms with Crippen LogP contribution in [0.25, 0.3) is 0 Å². The van der Waals surface area contributed by atoms with Crippen LogP contribution in [0.5, 0.6) is 0 Å². The summed E-state index contributed by atoms with van der Waals surface area (Å²) in [7, 11) is 0. The molecule has 0 nitrogen and oxygen atoms in total. The first-order valence-electron chi connectivity index (χ1n) is 8.00. The van der Waals surface area contributed by atoms with Gasteiger partial charge in [-0.05, 0) is 0 Å². The molecule has 0 fully saturated rings. The van der Waals surface area contributed by atoms with Gasteiger partial charge in [0, 0.05) is 0 Å². The minimum absolute atomic E-state index is 0. The van der Waals surface area contributed by atoms with Gasteiger partial charge < -0.3 is 24.8 Å². The fraction of sp³-hybridized carbons (Fsp3) is 0.300. The van der Waals surface area contributed by atoms with E-state index in [0.717, 1.165) is 3.63 Å². The zero-order valence-corrected chi connectivity index (χ0v) is 17.0. The first-order chi connectivity index (χ1) is 10.4. The Bertz CT molecular complexity index is 655. The second-order valence-corrected chi connectivity index (χ2v) is 9.96. The molecule has 0 aliphatic heterocycles. The van der Waals surface area contributed by atoms with Gasteiger partial charge in [0.05, 0.1) is 0 Å². The van der Waals surface area contributed by atoms with Crippen molar-refractivity contribution in [3.8, 4) is 0 Å². The maximum Gasteiger partial charge on any atom is -1.00 e. The van der Waals surface area contributed by atoms with Gasteiger partial charge in [-0.3, -0.25) is 0 Å². The summed E-state index contributed by atoms with van der Waals surface area (Å²) >= 11 is -0.458. The van der Waals surface area contributed by atoms with Crippen LogP contribution in [0, 0.1) is 0 Å². The second kappa shape index (κ2) is 8.66. The minimum atomic E-state index is -0.458. The summed E-state index contributed by atoms with van der Waals surface area (Å²) in [6.45, 7) is 0. The summed E-state index contributed by atoms with van der Waals surface area (Å²) in [5.74, 6) is 0.659. The molecule has 0 aromatic heterocycles. The van der Waals surface area contributed by atoms with Gasteiger partial charge in [0.15, 0.2) is 0 Å². The first-order valence-corrected chi connectivity index (χ1v) is 10.6. The molecule has 0 bridgehead atoms. The van der Waals surface area contributed by atoms with Crippen LogP contribution >= 0.6 is 0 Å². The topological polar surface area (TPSA) is 0 Å². The molecule has 1 aromatic carbocycles. The molecule has 23 heavy (non-hydrogen) atoms. The molecule has 118 valence electrons. The molecule has 0 radical (unpaired) electrons. The molecule has 1 aromatic rings. The maximum absolute atomic E-state index is 2.54. The van der Waals surface area contributed by atoms with Gasteiger partial charge in [-0.1, -0.05) is 0 Å². The first kappa shape index (κ1) is 19.0. The third-order valence-corrected chi connectivity index (χ3v) is 8.76. The van der Waals surface area contributed by atoms with Gasteiger partial charge in [0.2, 0.25) is 0 Å². The Labute approximate surface area is 163 Å². The van der Waals surface area contributed by atoms with Crippen molar-refractivity contribution in [2.24, 2.45) is 0 Å². The molecule has 0 N–H and O–H groups in total. The standard InChI is InChI=1S/C15H15.C5H5.2ClH.Zr/c1-2-6-12(7-3-1)14-10-4-8-13-9-5-11-15(13)14;1-2-4-5-3-1;;;/h1-3,5-7,9,11,14H,4,8,10H2;1-3H,4H2;2*1H;/q;;;;+2/p-2. The van der Waals surface area contributed by atoms with Gasteiger partial charge in [-0.2, -0.15) is 0 Å². The smallest absolute Gasteiger partial charge is 1.00 e. The van der Waals surface area contributed by atoms with Crippen molar-refractivity contribution in [3.63, 3.8) is 0 Å². The van der Waals surface area contributed by atoms with Crippen LogP contribution in [-0.2, 0) is 23.2 Å². The van der Waals surface area contributed by atoms with Crippen LogP contribution in [0.3, 0.4) is 0 Å². The molecule has 0 saturated heterocycles. The Morgan fingerprint density at radius 3 is 2.61 bits per heavy atom. The van der Waals surface area contributed by atoms with E-state index in [1.54, 1.807) is 14.4 Å². The molecule has 4 rings (SSSR count). The van der Waals surface area contributed by atoms with Crippen LogP contribution in [0.15, 0.2) is 75.1 Å². The van der Waals surface area contributed by atoms with E-state index >= 15 is 0 Å². The molecular formula is C20H20Cl2Zr. The summed E-state index contributed by atoms with van der Waals surface area (Å²) in [4.78, 5) is 0. The van der Waals surface area contributed by atoms with Crippen LogP contribution < -0.4 is 24.8 Å². The number of hydrogen-bond donors (Lipinski definition) is 0. The van der Waals surface area contributed by atoms with Crippen molar-refractivity contribution < 1.29 is 48.0 Å². The number of allylic oxidation sites excluding steroid dienone is 8. The fourth-order valence-corrected chi connectivity index (χ4v) is 7.52. The molecule has 0 heterocycles. The van der Waals surface area contributed by atoms with Crippen LogP contribution in [0.2, 0.25) is 3.63 Å². The van der Waals surface area contributed by atoms with E-state index in [9.17, 15) is 0 Å². The van der Waals surface area contributed by atoms with Gasteiger partial charge in [-0.25, -0.2) is 0 Å². The molecule has 0 saturated carbocycles. The Morgan fingerprint density at radius 1 is 1.04 bits per heavy atom. The molecule has 2 atom stereocenters. The summed E-state index contributed by atoms with van der Waals surface area (Å²) in [5, 5.41) is 0. The molecule has 2 unspecified atom stereocenters. The van der Waals surface area contributed by atoms with Gasteiger partial charge >= 0.3 is 139 Å². The van der Waals surface area contributed by atoms with Crippen molar-refractivity contribution in [1.29, 1.82) is 0 Å². The largest absolute Gasteiger partial charge is 1.00 e. The predicted octanol–water partition coefficient (Wildman–Crippen LogP) is -0.457. The molecule has 3 aliphatic rings. The zero-order chi connectivity index (χ0) is 14.1. The Balaban J connectivity index is 0.000000960. The van der Waals surface area contributed by atoms with Crippen molar-refractivity contribution in [2.45, 2.75) is 35.2 Å². The van der Waals surface area contributed by atoms with E-state index in [-0.39, 0.29) is 24.8 Å². The molecule has 0 spiro atoms. The maximum atomic E-state index is 2.54. The Morgan fingerprint density at radius 2 is 1.87 bits per heavy atom. The molecular weight excluding hydrogens is 402 g/mol. The molecule has 0 amide bonds. The SMILES string of the molecule is C1=CC[C]([Zr+2][CH]2C=CC3=C2CCCC3c2ccccc2)=C1.[Cl-].[Cl-]. The summed E-state index contributed by atoms with van der Waals surface area (Å²) < 4.78 is 2.60. The van der Waals surface area contributed by atoms with Crippen molar-refractivity contribution >= 4 is 0 Å². The van der Waals surface area contributed by atoms with E-state index in [4.69, 9.17) is 0 Å². The third-order valence-electron chi connectivity index (χ3n) is 4.84. The minimum Gasteiger partial charge on any atom is -1.00 e. The second-order valence-electron chi connectivity index (χ2n) is 6.14. The predicted molar refractivity (Wildman–Crippen MR) is 84.8 cm³/mol. The summed E-state index contributed by atoms with van der Waals surface area (Å²) in [5.41, 5.74) is 4.99. The van der Waals surface area contributed by atoms with E-state index in [1.165, 1.54) is 31.2 Å². The van der Waals surface area contributed by atoms with E-state index in [0.29, 0.717) is 5.92 Å². The molecule has 3 heteroatoms. The number of benzene rings is 1. The molecule has 3 aliphatic carbocycles. The van der Waals surface area contributed by atoms with E-state index < -0.39 is 23.2 Å². The van der Waals surface area contributed by atoms with Gasteiger partial charge in [0.1, 0.15) is 0 Å². The fourth-order valence-electron chi connectivity index (χ4n) is 3.82. The normalized spacial score (nSPS) is 24.4. The summed E-state index contributed by atoms with van der Waals surface area (Å²) in [6, 6.07) is 11.1. The average molecular weight is 423 g/mol. The number of rotatable bonds is 3. The van der Waals surface area contributed by atoms with Crippen molar-refractivity contribution in [1.82, 2.24) is 0 Å². The van der Waals surface area contributed by atoms with Crippen LogP contribution in [-0.4, -0.2) is 0 Å². The third kappa shape index (κ3) is 4.01. The van der Waals surface area contributed by atoms with Crippen molar-refractivity contribution in [3.05, 3.63) is 80.7 Å².